The van der Waals surface area contributed by atoms with E-state index >= 15 is 4.39 Å². The van der Waals surface area contributed by atoms with Crippen molar-refractivity contribution in [2.75, 3.05) is 14.2 Å². The lowest BCUT2D eigenvalue weighted by Crippen LogP contribution is -2.44. The van der Waals surface area contributed by atoms with Crippen molar-refractivity contribution in [1.29, 1.82) is 0 Å². The Bertz CT molecular complexity index is 1790. The molecule has 45 heavy (non-hydrogen) atoms. The fourth-order valence-corrected chi connectivity index (χ4v) is 4.48. The number of rotatable bonds is 10. The topological polar surface area (TPSA) is 106 Å². The van der Waals surface area contributed by atoms with Crippen LogP contribution < -0.4 is 10.6 Å². The minimum Gasteiger partial charge on any atom is -0.486 e. The van der Waals surface area contributed by atoms with Crippen LogP contribution in [0.15, 0.2) is 70.2 Å². The lowest BCUT2D eigenvalue weighted by molar-refractivity contribution is -0.134. The van der Waals surface area contributed by atoms with E-state index in [4.69, 9.17) is 9.15 Å². The molecule has 0 saturated heterocycles. The van der Waals surface area contributed by atoms with Gasteiger partial charge in [-0.2, -0.15) is 13.2 Å². The summed E-state index contributed by atoms with van der Waals surface area (Å²) in [5.41, 5.74) is -0.926. The Morgan fingerprint density at radius 2 is 1.71 bits per heavy atom. The van der Waals surface area contributed by atoms with Crippen LogP contribution >= 0.6 is 0 Å². The quantitative estimate of drug-likeness (QED) is 0.112. The molecule has 2 aromatic carbocycles. The van der Waals surface area contributed by atoms with Gasteiger partial charge in [-0.1, -0.05) is 12.6 Å². The molecule has 236 valence electrons. The molecule has 2 aromatic heterocycles. The molecule has 2 amide bonds. The summed E-state index contributed by atoms with van der Waals surface area (Å²) in [6.07, 6.45) is -5.23. The van der Waals surface area contributed by atoms with E-state index in [9.17, 15) is 27.2 Å². The van der Waals surface area contributed by atoms with E-state index in [-0.39, 0.29) is 44.9 Å². The van der Waals surface area contributed by atoms with Gasteiger partial charge in [0.2, 0.25) is 5.71 Å². The molecule has 0 aliphatic heterocycles. The number of halogens is 5. The number of fused-ring (bicyclic) bond motifs is 1. The van der Waals surface area contributed by atoms with Gasteiger partial charge in [0.1, 0.15) is 17.4 Å². The van der Waals surface area contributed by atoms with Crippen molar-refractivity contribution in [3.63, 3.8) is 0 Å². The Morgan fingerprint density at radius 3 is 2.33 bits per heavy atom. The Labute approximate surface area is 255 Å². The van der Waals surface area contributed by atoms with Gasteiger partial charge in [0, 0.05) is 24.6 Å². The number of aryl methyl sites for hydroxylation is 1. The maximum Gasteiger partial charge on any atom is 0.389 e. The number of carbonyl (C=O) groups is 2. The first-order chi connectivity index (χ1) is 21.1. The predicted molar refractivity (Wildman–Crippen MR) is 159 cm³/mol. The zero-order valence-electron chi connectivity index (χ0n) is 24.7. The molecule has 0 radical (unpaired) electrons. The minimum atomic E-state index is -4.53. The highest BCUT2D eigenvalue weighted by Crippen LogP contribution is 2.38. The van der Waals surface area contributed by atoms with Gasteiger partial charge in [-0.15, -0.1) is 0 Å². The number of nitrogens with one attached hydrogen (secondary N) is 2. The lowest BCUT2D eigenvalue weighted by Gasteiger charge is -2.26. The number of ether oxygens (including phenoxy) is 1. The number of carbonyl (C=O) groups excluding carboxylic acids is 2. The number of furan rings is 1. The van der Waals surface area contributed by atoms with Crippen LogP contribution in [0.3, 0.4) is 0 Å². The number of hydrogen-bond donors (Lipinski definition) is 2. The fraction of sp³-hybridized carbons (Fsp3) is 0.250. The lowest BCUT2D eigenvalue weighted by atomic mass is 9.96. The zero-order valence-corrected chi connectivity index (χ0v) is 24.7. The van der Waals surface area contributed by atoms with Crippen molar-refractivity contribution < 1.29 is 40.7 Å². The van der Waals surface area contributed by atoms with Crippen LogP contribution in [0.25, 0.3) is 33.6 Å². The number of amides is 2. The number of pyridine rings is 1. The summed E-state index contributed by atoms with van der Waals surface area (Å²) in [4.78, 5) is 34.6. The van der Waals surface area contributed by atoms with Gasteiger partial charge >= 0.3 is 6.18 Å². The first-order valence-corrected chi connectivity index (χ1v) is 13.5. The number of benzene rings is 2. The summed E-state index contributed by atoms with van der Waals surface area (Å²) < 4.78 is 79.3. The molecular formula is C32H29F5N4O4. The van der Waals surface area contributed by atoms with Crippen LogP contribution in [0.5, 0.6) is 0 Å². The molecule has 4 rings (SSSR count). The van der Waals surface area contributed by atoms with Gasteiger partial charge in [-0.3, -0.25) is 9.59 Å². The van der Waals surface area contributed by atoms with E-state index in [0.717, 1.165) is 24.6 Å². The first-order valence-electron chi connectivity index (χ1n) is 13.5. The maximum atomic E-state index is 15.0. The zero-order chi connectivity index (χ0) is 33.1. The molecule has 0 saturated carbocycles. The molecule has 0 fully saturated rings. The summed E-state index contributed by atoms with van der Waals surface area (Å²) in [6, 6.07) is 9.98. The number of methoxy groups -OCH3 is 1. The largest absolute Gasteiger partial charge is 0.486 e. The number of hydrogen-bond acceptors (Lipinski definition) is 6. The average Bonchev–Trinajstić information content (AvgIpc) is 3.36. The second-order valence-corrected chi connectivity index (χ2v) is 10.5. The van der Waals surface area contributed by atoms with Crippen molar-refractivity contribution in [2.45, 2.75) is 38.4 Å². The molecule has 8 nitrogen and oxygen atoms in total. The van der Waals surface area contributed by atoms with Crippen molar-refractivity contribution >= 4 is 29.3 Å². The number of aliphatic imine (C=N–C) groups is 1. The summed E-state index contributed by atoms with van der Waals surface area (Å²) in [5, 5.41) is 5.28. The fourth-order valence-electron chi connectivity index (χ4n) is 4.48. The van der Waals surface area contributed by atoms with Crippen molar-refractivity contribution in [3.05, 3.63) is 89.3 Å². The molecule has 0 bridgehead atoms. The highest BCUT2D eigenvalue weighted by Gasteiger charge is 2.30. The van der Waals surface area contributed by atoms with Crippen LogP contribution in [0, 0.1) is 11.6 Å². The van der Waals surface area contributed by atoms with Gasteiger partial charge in [0.05, 0.1) is 40.6 Å². The third-order valence-electron chi connectivity index (χ3n) is 6.95. The first kappa shape index (κ1) is 32.8. The summed E-state index contributed by atoms with van der Waals surface area (Å²) >= 11 is 0. The number of aromatic nitrogens is 1. The Hall–Kier alpha value is -5.07. The van der Waals surface area contributed by atoms with Gasteiger partial charge in [0.25, 0.3) is 11.8 Å². The van der Waals surface area contributed by atoms with E-state index in [1.807, 2.05) is 0 Å². The standard InChI is InChI=1S/C32H29F5N4O4/c1-17(39-16-44-5)31(2,3)41-28(42)22-14-19(8-11-24(22)34)21-15-23-26(29(43)38-4)27(18-6-9-20(33)10-7-18)45-30(23)40-25(21)12-13-32(35,36)37/h6-11,14-16H,1,12-13H2,2-5H3,(H,38,43)(H,41,42)/b39-16-. The van der Waals surface area contributed by atoms with E-state index in [0.29, 0.717) is 5.56 Å². The van der Waals surface area contributed by atoms with E-state index in [1.54, 1.807) is 13.8 Å². The molecule has 0 atom stereocenters. The molecule has 0 aliphatic rings. The third kappa shape index (κ3) is 7.36. The number of nitrogens with zero attached hydrogens (tertiary/aromatic N) is 2. The molecule has 13 heteroatoms. The Morgan fingerprint density at radius 1 is 1.04 bits per heavy atom. The van der Waals surface area contributed by atoms with E-state index in [2.05, 4.69) is 27.2 Å². The summed E-state index contributed by atoms with van der Waals surface area (Å²) in [7, 11) is 2.76. The van der Waals surface area contributed by atoms with Crippen LogP contribution in [-0.2, 0) is 11.2 Å². The second-order valence-electron chi connectivity index (χ2n) is 10.5. The molecule has 0 unspecified atom stereocenters. The number of alkyl halides is 3. The molecule has 2 heterocycles. The molecular weight excluding hydrogens is 599 g/mol. The van der Waals surface area contributed by atoms with E-state index in [1.165, 1.54) is 44.5 Å². The van der Waals surface area contributed by atoms with Crippen LogP contribution in [0.2, 0.25) is 0 Å². The monoisotopic (exact) mass is 628 g/mol. The van der Waals surface area contributed by atoms with Gasteiger partial charge in [-0.05, 0) is 68.3 Å². The van der Waals surface area contributed by atoms with Gasteiger partial charge < -0.3 is 19.8 Å². The normalized spacial score (nSPS) is 12.0. The van der Waals surface area contributed by atoms with E-state index < -0.39 is 53.6 Å². The molecule has 4 aromatic rings. The highest BCUT2D eigenvalue weighted by atomic mass is 19.4. The third-order valence-corrected chi connectivity index (χ3v) is 6.95. The van der Waals surface area contributed by atoms with Crippen LogP contribution in [-0.4, -0.2) is 49.1 Å². The summed E-state index contributed by atoms with van der Waals surface area (Å²) in [6.45, 7) is 6.97. The van der Waals surface area contributed by atoms with Crippen LogP contribution in [0.4, 0.5) is 22.0 Å². The Balaban J connectivity index is 1.89. The molecule has 0 aliphatic carbocycles. The SMILES string of the molecule is C=C(/N=C\OC)C(C)(C)NC(=O)c1cc(-c2cc3c(C(=O)NC)c(-c4ccc(F)cc4)oc3nc2CCC(F)(F)F)ccc1F. The van der Waals surface area contributed by atoms with Crippen LogP contribution in [0.1, 0.15) is 46.7 Å². The maximum absolute atomic E-state index is 15.0. The second kappa shape index (κ2) is 12.9. The average molecular weight is 629 g/mol. The smallest absolute Gasteiger partial charge is 0.389 e. The molecule has 2 N–H and O–H groups in total. The highest BCUT2D eigenvalue weighted by molar-refractivity contribution is 6.11. The van der Waals surface area contributed by atoms with Gasteiger partial charge in [0.15, 0.2) is 6.40 Å². The van der Waals surface area contributed by atoms with Crippen molar-refractivity contribution in [3.8, 4) is 22.5 Å². The molecule has 0 spiro atoms. The Kier molecular flexibility index (Phi) is 9.40. The minimum absolute atomic E-state index is 0.00665. The van der Waals surface area contributed by atoms with Crippen molar-refractivity contribution in [1.82, 2.24) is 15.6 Å². The summed E-state index contributed by atoms with van der Waals surface area (Å²) in [5.74, 6) is -2.84. The van der Waals surface area contributed by atoms with Crippen molar-refractivity contribution in [2.24, 2.45) is 4.99 Å². The van der Waals surface area contributed by atoms with Gasteiger partial charge in [-0.25, -0.2) is 18.8 Å². The predicted octanol–water partition coefficient (Wildman–Crippen LogP) is 6.99.